The first-order valence-electron chi connectivity index (χ1n) is 9.65. The van der Waals surface area contributed by atoms with Crippen molar-refractivity contribution in [2.45, 2.75) is 25.8 Å². The van der Waals surface area contributed by atoms with E-state index in [9.17, 15) is 4.79 Å². The zero-order valence-electron chi connectivity index (χ0n) is 15.6. The van der Waals surface area contributed by atoms with Gasteiger partial charge < -0.3 is 19.6 Å². The average Bonchev–Trinajstić information content (AvgIpc) is 3.41. The third-order valence-corrected chi connectivity index (χ3v) is 5.20. The molecule has 0 spiro atoms. The summed E-state index contributed by atoms with van der Waals surface area (Å²) in [4.78, 5) is 16.7. The van der Waals surface area contributed by atoms with E-state index in [1.807, 2.05) is 36.4 Å². The molecule has 4 heterocycles. The number of hydrogen-bond donors (Lipinski definition) is 2. The van der Waals surface area contributed by atoms with Crippen LogP contribution in [-0.4, -0.2) is 29.1 Å². The van der Waals surface area contributed by atoms with Crippen molar-refractivity contribution < 1.29 is 13.7 Å². The molecule has 0 aromatic carbocycles. The maximum Gasteiger partial charge on any atom is 0.220 e. The number of carbonyl (C=O) groups is 1. The second kappa shape index (κ2) is 8.84. The number of aromatic nitrogens is 2. The van der Waals surface area contributed by atoms with E-state index in [1.54, 1.807) is 12.5 Å². The molecule has 4 rings (SSSR count). The Morgan fingerprint density at radius 1 is 1.25 bits per heavy atom. The third kappa shape index (κ3) is 4.67. The lowest BCUT2D eigenvalue weighted by Crippen LogP contribution is -2.40. The fourth-order valence-corrected chi connectivity index (χ4v) is 3.70. The van der Waals surface area contributed by atoms with E-state index in [-0.39, 0.29) is 5.91 Å². The number of amides is 1. The average molecular weight is 380 g/mol. The highest BCUT2D eigenvalue weighted by molar-refractivity contribution is 5.76. The second-order valence-corrected chi connectivity index (χ2v) is 7.17. The van der Waals surface area contributed by atoms with Crippen LogP contribution in [0.3, 0.4) is 0 Å². The third-order valence-electron chi connectivity index (χ3n) is 5.20. The van der Waals surface area contributed by atoms with Crippen LogP contribution >= 0.6 is 0 Å². The Kier molecular flexibility index (Phi) is 5.82. The molecule has 0 saturated carbocycles. The summed E-state index contributed by atoms with van der Waals surface area (Å²) in [6, 6.07) is 11.3. The van der Waals surface area contributed by atoms with Crippen LogP contribution in [0.5, 0.6) is 0 Å². The maximum absolute atomic E-state index is 12.4. The molecule has 3 aromatic heterocycles. The zero-order valence-corrected chi connectivity index (χ0v) is 15.6. The fraction of sp³-hybridized carbons (Fsp3) is 0.381. The zero-order chi connectivity index (χ0) is 19.2. The highest BCUT2D eigenvalue weighted by Gasteiger charge is 2.28. The van der Waals surface area contributed by atoms with E-state index >= 15 is 0 Å². The first-order valence-corrected chi connectivity index (χ1v) is 9.65. The topological polar surface area (TPSA) is 93.2 Å². The van der Waals surface area contributed by atoms with Crippen molar-refractivity contribution >= 4 is 5.91 Å². The van der Waals surface area contributed by atoms with Crippen LogP contribution in [0.1, 0.15) is 24.3 Å². The minimum atomic E-state index is 0.0580. The molecular weight excluding hydrogens is 356 g/mol. The van der Waals surface area contributed by atoms with Crippen molar-refractivity contribution in [3.05, 3.63) is 60.3 Å². The van der Waals surface area contributed by atoms with E-state index < -0.39 is 0 Å². The summed E-state index contributed by atoms with van der Waals surface area (Å²) in [6.45, 7) is 2.24. The molecule has 0 bridgehead atoms. The number of hydrogen-bond acceptors (Lipinski definition) is 6. The van der Waals surface area contributed by atoms with E-state index in [1.165, 1.54) is 0 Å². The monoisotopic (exact) mass is 380 g/mol. The van der Waals surface area contributed by atoms with Gasteiger partial charge in [-0.25, -0.2) is 0 Å². The predicted octanol–water partition coefficient (Wildman–Crippen LogP) is 2.80. The Morgan fingerprint density at radius 3 is 3.04 bits per heavy atom. The molecule has 0 radical (unpaired) electrons. The molecule has 28 heavy (non-hydrogen) atoms. The molecule has 1 amide bonds. The standard InChI is InChI=1S/C21H24N4O3/c26-21(24-14-18-4-3-9-27-18)11-15-6-8-22-13-16(15)10-17-12-20(28-25-17)19-5-1-2-7-23-19/h1-5,7,9,12,15-16,22H,6,8,10-11,13-14H2,(H,24,26)/t15-,16-/m0/s1. The molecule has 1 aliphatic rings. The summed E-state index contributed by atoms with van der Waals surface area (Å²) in [5, 5.41) is 10.6. The first-order chi connectivity index (χ1) is 13.8. The highest BCUT2D eigenvalue weighted by atomic mass is 16.5. The van der Waals surface area contributed by atoms with Gasteiger partial charge in [-0.1, -0.05) is 11.2 Å². The van der Waals surface area contributed by atoms with Crippen molar-refractivity contribution in [2.75, 3.05) is 13.1 Å². The molecule has 0 aliphatic carbocycles. The number of piperidine rings is 1. The summed E-state index contributed by atoms with van der Waals surface area (Å²) in [5.74, 6) is 2.15. The van der Waals surface area contributed by atoms with Crippen LogP contribution in [0.15, 0.2) is 57.8 Å². The van der Waals surface area contributed by atoms with Crippen LogP contribution in [0, 0.1) is 11.8 Å². The Bertz CT molecular complexity index is 876. The Balaban J connectivity index is 1.34. The number of pyridine rings is 1. The van der Waals surface area contributed by atoms with Crippen molar-refractivity contribution in [3.63, 3.8) is 0 Å². The van der Waals surface area contributed by atoms with Gasteiger partial charge in [-0.05, 0) is 62.0 Å². The minimum absolute atomic E-state index is 0.0580. The molecule has 7 heteroatoms. The smallest absolute Gasteiger partial charge is 0.220 e. The molecule has 7 nitrogen and oxygen atoms in total. The summed E-state index contributed by atoms with van der Waals surface area (Å²) < 4.78 is 10.7. The maximum atomic E-state index is 12.4. The van der Waals surface area contributed by atoms with Gasteiger partial charge in [0.1, 0.15) is 11.5 Å². The van der Waals surface area contributed by atoms with Crippen molar-refractivity contribution in [1.82, 2.24) is 20.8 Å². The predicted molar refractivity (Wildman–Crippen MR) is 103 cm³/mol. The number of carbonyl (C=O) groups excluding carboxylic acids is 1. The summed E-state index contributed by atoms with van der Waals surface area (Å²) >= 11 is 0. The van der Waals surface area contributed by atoms with Crippen molar-refractivity contribution in [3.8, 4) is 11.5 Å². The van der Waals surface area contributed by atoms with Crippen LogP contribution in [0.2, 0.25) is 0 Å². The van der Waals surface area contributed by atoms with Crippen LogP contribution in [-0.2, 0) is 17.8 Å². The van der Waals surface area contributed by atoms with Crippen LogP contribution in [0.25, 0.3) is 11.5 Å². The number of nitrogens with zero attached hydrogens (tertiary/aromatic N) is 2. The van der Waals surface area contributed by atoms with E-state index in [2.05, 4.69) is 20.8 Å². The van der Waals surface area contributed by atoms with Gasteiger partial charge in [0.05, 0.1) is 18.5 Å². The quantitative estimate of drug-likeness (QED) is 0.655. The summed E-state index contributed by atoms with van der Waals surface area (Å²) in [7, 11) is 0. The normalized spacial score (nSPS) is 19.4. The van der Waals surface area contributed by atoms with Gasteiger partial charge in [0, 0.05) is 18.7 Å². The number of rotatable bonds is 7. The first kappa shape index (κ1) is 18.4. The molecule has 2 N–H and O–H groups in total. The van der Waals surface area contributed by atoms with Crippen LogP contribution in [0.4, 0.5) is 0 Å². The molecule has 0 unspecified atom stereocenters. The van der Waals surface area contributed by atoms with Gasteiger partial charge in [-0.15, -0.1) is 0 Å². The molecule has 1 aliphatic heterocycles. The Morgan fingerprint density at radius 2 is 2.21 bits per heavy atom. The molecular formula is C21H24N4O3. The van der Waals surface area contributed by atoms with Gasteiger partial charge >= 0.3 is 0 Å². The lowest BCUT2D eigenvalue weighted by atomic mass is 9.81. The molecule has 146 valence electrons. The Labute approximate surface area is 163 Å². The number of nitrogens with one attached hydrogen (secondary N) is 2. The molecule has 2 atom stereocenters. The largest absolute Gasteiger partial charge is 0.467 e. The van der Waals surface area contributed by atoms with Gasteiger partial charge in [0.15, 0.2) is 5.76 Å². The van der Waals surface area contributed by atoms with Crippen molar-refractivity contribution in [1.29, 1.82) is 0 Å². The summed E-state index contributed by atoms with van der Waals surface area (Å²) in [6.07, 6.45) is 5.61. The summed E-state index contributed by atoms with van der Waals surface area (Å²) in [5.41, 5.74) is 1.67. The number of furan rings is 1. The SMILES string of the molecule is O=C(C[C@@H]1CCNC[C@@H]1Cc1cc(-c2ccccn2)on1)NCc1ccco1. The van der Waals surface area contributed by atoms with Gasteiger partial charge in [0.25, 0.3) is 0 Å². The molecule has 1 saturated heterocycles. The molecule has 1 fully saturated rings. The second-order valence-electron chi connectivity index (χ2n) is 7.17. The van der Waals surface area contributed by atoms with Gasteiger partial charge in [-0.3, -0.25) is 9.78 Å². The van der Waals surface area contributed by atoms with Crippen molar-refractivity contribution in [2.24, 2.45) is 11.8 Å². The van der Waals surface area contributed by atoms with E-state index in [0.29, 0.717) is 30.6 Å². The van der Waals surface area contributed by atoms with Gasteiger partial charge in [-0.2, -0.15) is 0 Å². The Hall–Kier alpha value is -2.93. The van der Waals surface area contributed by atoms with Gasteiger partial charge in [0.2, 0.25) is 5.91 Å². The van der Waals surface area contributed by atoms with Crippen LogP contribution < -0.4 is 10.6 Å². The fourth-order valence-electron chi connectivity index (χ4n) is 3.70. The lowest BCUT2D eigenvalue weighted by molar-refractivity contribution is -0.122. The van der Waals surface area contributed by atoms with E-state index in [4.69, 9.17) is 8.94 Å². The van der Waals surface area contributed by atoms with E-state index in [0.717, 1.165) is 43.1 Å². The minimum Gasteiger partial charge on any atom is -0.467 e. The highest BCUT2D eigenvalue weighted by Crippen LogP contribution is 2.27. The lowest BCUT2D eigenvalue weighted by Gasteiger charge is -2.31. The molecule has 3 aromatic rings.